The van der Waals surface area contributed by atoms with Crippen LogP contribution < -0.4 is 19.7 Å². The van der Waals surface area contributed by atoms with Gasteiger partial charge >= 0.3 is 0 Å². The standard InChI is InChI=1S/C43H36N2O2Si/c1-28-18-22-38-36(24-28)43(34-14-8-10-16-40(34)47-41-17-11-9-15-35(41)43)37-26-32(48(2,3)4)21-23-39(37)45(38)31-20-19-29-27-44(42(46)33(29)25-31)30-12-6-5-7-13-30/h5-26H,27H2,1-4H3. The summed E-state index contributed by atoms with van der Waals surface area (Å²) in [5, 5.41) is 1.40. The molecule has 1 spiro atoms. The van der Waals surface area contributed by atoms with E-state index in [-0.39, 0.29) is 5.91 Å². The molecule has 0 saturated heterocycles. The summed E-state index contributed by atoms with van der Waals surface area (Å²) in [5.41, 5.74) is 11.3. The Bertz CT molecular complexity index is 2240. The van der Waals surface area contributed by atoms with Crippen LogP contribution in [0.15, 0.2) is 133 Å². The molecule has 1 amide bonds. The van der Waals surface area contributed by atoms with Gasteiger partial charge in [0.2, 0.25) is 0 Å². The number of hydrogen-bond acceptors (Lipinski definition) is 3. The first-order valence-electron chi connectivity index (χ1n) is 16.7. The summed E-state index contributed by atoms with van der Waals surface area (Å²) in [6.07, 6.45) is 0. The third-order valence-electron chi connectivity index (χ3n) is 10.3. The number of anilines is 4. The molecule has 0 radical (unpaired) electrons. The van der Waals surface area contributed by atoms with Crippen LogP contribution in [0.5, 0.6) is 11.5 Å². The minimum absolute atomic E-state index is 0.0391. The molecular formula is C43H36N2O2Si. The third-order valence-corrected chi connectivity index (χ3v) is 12.4. The zero-order valence-electron chi connectivity index (χ0n) is 27.6. The molecule has 0 atom stereocenters. The van der Waals surface area contributed by atoms with E-state index in [4.69, 9.17) is 4.74 Å². The zero-order valence-corrected chi connectivity index (χ0v) is 28.6. The van der Waals surface area contributed by atoms with Gasteiger partial charge in [-0.1, -0.05) is 115 Å². The molecule has 0 aromatic heterocycles. The van der Waals surface area contributed by atoms with Crippen molar-refractivity contribution in [2.75, 3.05) is 9.80 Å². The Morgan fingerprint density at radius 3 is 1.94 bits per heavy atom. The van der Waals surface area contributed by atoms with Gasteiger partial charge in [-0.15, -0.1) is 0 Å². The summed E-state index contributed by atoms with van der Waals surface area (Å²) in [5.74, 6) is 1.80. The Morgan fingerprint density at radius 2 is 1.25 bits per heavy atom. The van der Waals surface area contributed by atoms with Gasteiger partial charge in [-0.25, -0.2) is 0 Å². The third kappa shape index (κ3) is 4.04. The number of ether oxygens (including phenoxy) is 1. The fourth-order valence-corrected chi connectivity index (χ4v) is 9.18. The molecule has 6 aromatic carbocycles. The smallest absolute Gasteiger partial charge is 0.259 e. The fraction of sp³-hybridized carbons (Fsp3) is 0.140. The number of para-hydroxylation sites is 3. The van der Waals surface area contributed by atoms with Gasteiger partial charge in [0.05, 0.1) is 31.4 Å². The summed E-state index contributed by atoms with van der Waals surface area (Å²) in [4.78, 5) is 18.2. The lowest BCUT2D eigenvalue weighted by molar-refractivity contribution is 0.0996. The largest absolute Gasteiger partial charge is 0.457 e. The molecule has 48 heavy (non-hydrogen) atoms. The van der Waals surface area contributed by atoms with E-state index >= 15 is 0 Å². The molecule has 0 fully saturated rings. The van der Waals surface area contributed by atoms with Crippen LogP contribution in [0.2, 0.25) is 19.6 Å². The number of aryl methyl sites for hydroxylation is 1. The van der Waals surface area contributed by atoms with Gasteiger partial charge in [-0.2, -0.15) is 0 Å². The van der Waals surface area contributed by atoms with Crippen molar-refractivity contribution in [2.45, 2.75) is 38.5 Å². The highest BCUT2D eigenvalue weighted by Gasteiger charge is 2.51. The van der Waals surface area contributed by atoms with E-state index in [0.29, 0.717) is 6.54 Å². The lowest BCUT2D eigenvalue weighted by Gasteiger charge is -2.49. The lowest BCUT2D eigenvalue weighted by Crippen LogP contribution is -2.43. The van der Waals surface area contributed by atoms with Crippen molar-refractivity contribution < 1.29 is 9.53 Å². The van der Waals surface area contributed by atoms with Crippen LogP contribution in [0.3, 0.4) is 0 Å². The fourth-order valence-electron chi connectivity index (χ4n) is 8.02. The van der Waals surface area contributed by atoms with Crippen LogP contribution in [-0.2, 0) is 12.0 Å². The molecule has 0 aliphatic carbocycles. The number of hydrogen-bond donors (Lipinski definition) is 0. The summed E-state index contributed by atoms with van der Waals surface area (Å²) in [7, 11) is -1.72. The molecule has 4 nitrogen and oxygen atoms in total. The molecule has 3 aliphatic rings. The molecule has 6 aromatic rings. The average molecular weight is 641 g/mol. The van der Waals surface area contributed by atoms with Crippen LogP contribution in [0.1, 0.15) is 43.7 Å². The van der Waals surface area contributed by atoms with E-state index in [1.807, 2.05) is 35.2 Å². The van der Waals surface area contributed by atoms with Crippen LogP contribution in [-0.4, -0.2) is 14.0 Å². The molecule has 0 bridgehead atoms. The first kappa shape index (κ1) is 28.8. The lowest BCUT2D eigenvalue weighted by atomic mass is 9.61. The number of rotatable bonds is 3. The summed E-state index contributed by atoms with van der Waals surface area (Å²) in [6.45, 7) is 9.99. The molecule has 5 heteroatoms. The second kappa shape index (κ2) is 10.3. The number of benzene rings is 6. The maximum absolute atomic E-state index is 13.9. The second-order valence-electron chi connectivity index (χ2n) is 14.3. The normalized spacial score (nSPS) is 15.3. The van der Waals surface area contributed by atoms with Gasteiger partial charge in [0.1, 0.15) is 11.5 Å². The topological polar surface area (TPSA) is 32.8 Å². The zero-order chi connectivity index (χ0) is 32.8. The van der Waals surface area contributed by atoms with Crippen LogP contribution in [0, 0.1) is 6.92 Å². The minimum atomic E-state index is -1.72. The van der Waals surface area contributed by atoms with Gasteiger partial charge in [0, 0.05) is 28.1 Å². The number of nitrogens with zero attached hydrogens (tertiary/aromatic N) is 2. The Morgan fingerprint density at radius 1 is 0.625 bits per heavy atom. The molecule has 0 N–H and O–H groups in total. The maximum atomic E-state index is 13.9. The predicted octanol–water partition coefficient (Wildman–Crippen LogP) is 9.97. The Hall–Kier alpha value is -5.39. The van der Waals surface area contributed by atoms with Crippen LogP contribution >= 0.6 is 0 Å². The predicted molar refractivity (Wildman–Crippen MR) is 198 cm³/mol. The highest BCUT2D eigenvalue weighted by Crippen LogP contribution is 2.62. The summed E-state index contributed by atoms with van der Waals surface area (Å²) >= 11 is 0. The van der Waals surface area contributed by atoms with Crippen molar-refractivity contribution in [3.8, 4) is 11.5 Å². The van der Waals surface area contributed by atoms with E-state index in [1.165, 1.54) is 21.9 Å². The first-order valence-corrected chi connectivity index (χ1v) is 20.2. The number of fused-ring (bicyclic) bond motifs is 9. The minimum Gasteiger partial charge on any atom is -0.457 e. The SMILES string of the molecule is Cc1ccc2c(c1)C1(c3ccccc3Oc3ccccc31)c1cc([Si](C)(C)C)ccc1N2c1ccc2c(c1)C(=O)N(c1ccccc1)C2. The number of amides is 1. The molecule has 0 saturated carbocycles. The van der Waals surface area contributed by atoms with E-state index in [1.54, 1.807) is 0 Å². The highest BCUT2D eigenvalue weighted by molar-refractivity contribution is 6.88. The van der Waals surface area contributed by atoms with Gasteiger partial charge < -0.3 is 14.5 Å². The molecular weight excluding hydrogens is 605 g/mol. The number of carbonyl (C=O) groups is 1. The van der Waals surface area contributed by atoms with E-state index in [9.17, 15) is 4.79 Å². The van der Waals surface area contributed by atoms with Gasteiger partial charge in [0.15, 0.2) is 0 Å². The van der Waals surface area contributed by atoms with Crippen molar-refractivity contribution in [2.24, 2.45) is 0 Å². The Kier molecular flexibility index (Phi) is 6.18. The van der Waals surface area contributed by atoms with Crippen molar-refractivity contribution in [1.29, 1.82) is 0 Å². The number of carbonyl (C=O) groups excluding carboxylic acids is 1. The average Bonchev–Trinajstić information content (AvgIpc) is 3.43. The molecule has 3 heterocycles. The highest BCUT2D eigenvalue weighted by atomic mass is 28.3. The van der Waals surface area contributed by atoms with Gasteiger partial charge in [-0.05, 0) is 72.1 Å². The van der Waals surface area contributed by atoms with Crippen molar-refractivity contribution in [1.82, 2.24) is 0 Å². The molecule has 0 unspecified atom stereocenters. The molecule has 3 aliphatic heterocycles. The Balaban J connectivity index is 1.34. The van der Waals surface area contributed by atoms with Crippen LogP contribution in [0.4, 0.5) is 22.7 Å². The monoisotopic (exact) mass is 640 g/mol. The quantitative estimate of drug-likeness (QED) is 0.180. The van der Waals surface area contributed by atoms with Crippen LogP contribution in [0.25, 0.3) is 0 Å². The van der Waals surface area contributed by atoms with E-state index in [0.717, 1.165) is 56.5 Å². The summed E-state index contributed by atoms with van der Waals surface area (Å²) < 4.78 is 6.64. The second-order valence-corrected chi connectivity index (χ2v) is 19.3. The Labute approximate surface area is 282 Å². The molecule has 9 rings (SSSR count). The van der Waals surface area contributed by atoms with Gasteiger partial charge in [0.25, 0.3) is 5.91 Å². The first-order chi connectivity index (χ1) is 23.2. The summed E-state index contributed by atoms with van der Waals surface area (Å²) in [6, 6.07) is 47.4. The molecule has 234 valence electrons. The van der Waals surface area contributed by atoms with Gasteiger partial charge in [-0.3, -0.25) is 4.79 Å². The van der Waals surface area contributed by atoms with E-state index < -0.39 is 13.5 Å². The van der Waals surface area contributed by atoms with Crippen molar-refractivity contribution in [3.63, 3.8) is 0 Å². The van der Waals surface area contributed by atoms with Crippen molar-refractivity contribution >= 4 is 41.9 Å². The van der Waals surface area contributed by atoms with Crippen molar-refractivity contribution in [3.05, 3.63) is 172 Å². The van der Waals surface area contributed by atoms with E-state index in [2.05, 4.69) is 135 Å². The maximum Gasteiger partial charge on any atom is 0.259 e.